The molecule has 0 amide bonds. The van der Waals surface area contributed by atoms with Crippen LogP contribution in [0.15, 0.2) is 0 Å². The van der Waals surface area contributed by atoms with Gasteiger partial charge >= 0.3 is 6.16 Å². The second-order valence-electron chi connectivity index (χ2n) is 6.23. The summed E-state index contributed by atoms with van der Waals surface area (Å²) in [4.78, 5) is 11.5. The lowest BCUT2D eigenvalue weighted by Crippen LogP contribution is -2.26. The van der Waals surface area contributed by atoms with Crippen LogP contribution in [-0.2, 0) is 9.47 Å². The summed E-state index contributed by atoms with van der Waals surface area (Å²) in [5.74, 6) is 0.610. The van der Waals surface area contributed by atoms with Gasteiger partial charge in [0.15, 0.2) is 0 Å². The van der Waals surface area contributed by atoms with Crippen molar-refractivity contribution in [1.29, 1.82) is 0 Å². The molecule has 2 unspecified atom stereocenters. The van der Waals surface area contributed by atoms with Gasteiger partial charge < -0.3 is 19.7 Å². The molecule has 0 radical (unpaired) electrons. The molecule has 2 aliphatic rings. The lowest BCUT2D eigenvalue weighted by molar-refractivity contribution is 0.0101. The van der Waals surface area contributed by atoms with E-state index >= 15 is 0 Å². The van der Waals surface area contributed by atoms with E-state index in [2.05, 4.69) is 0 Å². The van der Waals surface area contributed by atoms with Gasteiger partial charge in [0.1, 0.15) is 0 Å². The Morgan fingerprint density at radius 1 is 0.850 bits per heavy atom. The molecule has 2 aliphatic carbocycles. The zero-order valence-electron chi connectivity index (χ0n) is 12.0. The van der Waals surface area contributed by atoms with E-state index in [1.54, 1.807) is 0 Å². The molecule has 116 valence electrons. The summed E-state index contributed by atoms with van der Waals surface area (Å²) in [5, 5.41) is 18.9. The summed E-state index contributed by atoms with van der Waals surface area (Å²) in [6.45, 7) is 0.734. The van der Waals surface area contributed by atoms with E-state index in [1.165, 1.54) is 0 Å². The molecule has 5 nitrogen and oxygen atoms in total. The molecule has 0 saturated heterocycles. The second kappa shape index (κ2) is 7.84. The average molecular weight is 286 g/mol. The van der Waals surface area contributed by atoms with Crippen LogP contribution in [0.4, 0.5) is 4.79 Å². The van der Waals surface area contributed by atoms with E-state index in [9.17, 15) is 15.0 Å². The highest BCUT2D eigenvalue weighted by Gasteiger charge is 2.23. The third-order valence-corrected chi connectivity index (χ3v) is 4.45. The number of aliphatic hydroxyl groups excluding tert-OH is 2. The highest BCUT2D eigenvalue weighted by atomic mass is 16.7. The van der Waals surface area contributed by atoms with Gasteiger partial charge in [-0.2, -0.15) is 0 Å². The molecule has 5 heteroatoms. The summed E-state index contributed by atoms with van der Waals surface area (Å²) in [6, 6.07) is 0. The average Bonchev–Trinajstić information content (AvgIpc) is 2.45. The van der Waals surface area contributed by atoms with Gasteiger partial charge in [-0.25, -0.2) is 4.79 Å². The van der Waals surface area contributed by atoms with Gasteiger partial charge in [-0.1, -0.05) is 6.42 Å². The van der Waals surface area contributed by atoms with E-state index in [1.807, 2.05) is 0 Å². The van der Waals surface area contributed by atoms with Crippen LogP contribution >= 0.6 is 0 Å². The summed E-state index contributed by atoms with van der Waals surface area (Å²) in [6.07, 6.45) is 5.94. The van der Waals surface area contributed by atoms with Crippen LogP contribution in [-0.4, -0.2) is 41.8 Å². The maximum absolute atomic E-state index is 11.5. The fourth-order valence-corrected chi connectivity index (χ4v) is 3.14. The molecule has 2 fully saturated rings. The molecule has 2 rings (SSSR count). The fraction of sp³-hybridized carbons (Fsp3) is 0.933. The third kappa shape index (κ3) is 5.29. The first-order valence-corrected chi connectivity index (χ1v) is 7.79. The lowest BCUT2D eigenvalue weighted by Gasteiger charge is -2.26. The van der Waals surface area contributed by atoms with Crippen molar-refractivity contribution in [3.63, 3.8) is 0 Å². The number of hydrogen-bond donors (Lipinski definition) is 2. The molecule has 0 heterocycles. The van der Waals surface area contributed by atoms with Crippen LogP contribution in [0.25, 0.3) is 0 Å². The minimum Gasteiger partial charge on any atom is -0.434 e. The Morgan fingerprint density at radius 2 is 1.50 bits per heavy atom. The Labute approximate surface area is 120 Å². The molecule has 20 heavy (non-hydrogen) atoms. The zero-order valence-corrected chi connectivity index (χ0v) is 12.0. The largest absolute Gasteiger partial charge is 0.508 e. The van der Waals surface area contributed by atoms with E-state index in [4.69, 9.17) is 9.47 Å². The highest BCUT2D eigenvalue weighted by molar-refractivity contribution is 5.59. The Bertz CT molecular complexity index is 299. The highest BCUT2D eigenvalue weighted by Crippen LogP contribution is 2.25. The molecule has 2 saturated carbocycles. The number of ether oxygens (including phenoxy) is 2. The second-order valence-corrected chi connectivity index (χ2v) is 6.23. The van der Waals surface area contributed by atoms with Crippen molar-refractivity contribution >= 4 is 6.16 Å². The monoisotopic (exact) mass is 286 g/mol. The molecule has 2 atom stereocenters. The van der Waals surface area contributed by atoms with Crippen molar-refractivity contribution < 1.29 is 24.5 Å². The molecule has 0 spiro atoms. The van der Waals surface area contributed by atoms with E-state index in [0.717, 1.165) is 44.9 Å². The standard InChI is InChI=1S/C15H26O5/c16-13-6-4-11(5-7-13)9-19-15(18)20-10-12-2-1-3-14(17)8-12/h11-14,16-17H,1-10H2. The predicted molar refractivity (Wildman–Crippen MR) is 73.2 cm³/mol. The number of carbonyl (C=O) groups excluding carboxylic acids is 1. The quantitative estimate of drug-likeness (QED) is 0.775. The Hall–Kier alpha value is -0.810. The molecule has 0 bridgehead atoms. The fourth-order valence-electron chi connectivity index (χ4n) is 3.14. The first-order chi connectivity index (χ1) is 9.63. The molecule has 0 aromatic heterocycles. The minimum atomic E-state index is -0.601. The topological polar surface area (TPSA) is 76.0 Å². The van der Waals surface area contributed by atoms with E-state index < -0.39 is 6.16 Å². The number of carbonyl (C=O) groups is 1. The smallest absolute Gasteiger partial charge is 0.434 e. The molecule has 0 aliphatic heterocycles. The number of aliphatic hydroxyl groups is 2. The Balaban J connectivity index is 1.56. The maximum Gasteiger partial charge on any atom is 0.508 e. The van der Waals surface area contributed by atoms with Crippen molar-refractivity contribution in [2.45, 2.75) is 63.6 Å². The summed E-state index contributed by atoms with van der Waals surface area (Å²) in [5.41, 5.74) is 0. The Kier molecular flexibility index (Phi) is 6.10. The minimum absolute atomic E-state index is 0.184. The predicted octanol–water partition coefficient (Wildman–Crippen LogP) is 2.24. The zero-order chi connectivity index (χ0) is 14.4. The van der Waals surface area contributed by atoms with Crippen molar-refractivity contribution in [2.24, 2.45) is 11.8 Å². The first kappa shape index (κ1) is 15.6. The number of rotatable bonds is 4. The number of hydrogen-bond acceptors (Lipinski definition) is 5. The van der Waals surface area contributed by atoms with Gasteiger partial charge in [0.05, 0.1) is 25.4 Å². The van der Waals surface area contributed by atoms with Crippen molar-refractivity contribution in [3.05, 3.63) is 0 Å². The molecular formula is C15H26O5. The van der Waals surface area contributed by atoms with Crippen molar-refractivity contribution in [1.82, 2.24) is 0 Å². The summed E-state index contributed by atoms with van der Waals surface area (Å²) >= 11 is 0. The molecular weight excluding hydrogens is 260 g/mol. The van der Waals surface area contributed by atoms with Crippen LogP contribution in [0.3, 0.4) is 0 Å². The van der Waals surface area contributed by atoms with Gasteiger partial charge in [-0.15, -0.1) is 0 Å². The van der Waals surface area contributed by atoms with Crippen molar-refractivity contribution in [2.75, 3.05) is 13.2 Å². The van der Waals surface area contributed by atoms with Crippen LogP contribution in [0.2, 0.25) is 0 Å². The van der Waals surface area contributed by atoms with Gasteiger partial charge in [-0.3, -0.25) is 0 Å². The van der Waals surface area contributed by atoms with Crippen LogP contribution in [0, 0.1) is 11.8 Å². The Morgan fingerprint density at radius 3 is 2.15 bits per heavy atom. The van der Waals surface area contributed by atoms with Crippen LogP contribution in [0.5, 0.6) is 0 Å². The maximum atomic E-state index is 11.5. The van der Waals surface area contributed by atoms with Crippen LogP contribution in [0.1, 0.15) is 51.4 Å². The van der Waals surface area contributed by atoms with Gasteiger partial charge in [0.25, 0.3) is 0 Å². The SMILES string of the molecule is O=C(OCC1CCC(O)CC1)OCC1CCCC(O)C1. The summed E-state index contributed by atoms with van der Waals surface area (Å²) < 4.78 is 10.2. The van der Waals surface area contributed by atoms with Gasteiger partial charge in [0, 0.05) is 0 Å². The molecule has 2 N–H and O–H groups in total. The first-order valence-electron chi connectivity index (χ1n) is 7.79. The lowest BCUT2D eigenvalue weighted by atomic mass is 9.88. The normalized spacial score (nSPS) is 34.5. The third-order valence-electron chi connectivity index (χ3n) is 4.45. The van der Waals surface area contributed by atoms with E-state index in [-0.39, 0.29) is 18.1 Å². The molecule has 0 aromatic rings. The van der Waals surface area contributed by atoms with Crippen LogP contribution < -0.4 is 0 Å². The summed E-state index contributed by atoms with van der Waals surface area (Å²) in [7, 11) is 0. The van der Waals surface area contributed by atoms with E-state index in [0.29, 0.717) is 25.6 Å². The van der Waals surface area contributed by atoms with Crippen molar-refractivity contribution in [3.8, 4) is 0 Å². The molecule has 0 aromatic carbocycles. The van der Waals surface area contributed by atoms with Gasteiger partial charge in [-0.05, 0) is 56.8 Å². The van der Waals surface area contributed by atoms with Gasteiger partial charge in [0.2, 0.25) is 0 Å².